The SMILES string of the molecule is C=C(F)C(=O)N1CCN(c2nc(OCC3(C)CCCN3C)nc3c2CCN(c2cccc4cccc(Cl)c24)C3)CC1. The van der Waals surface area contributed by atoms with Gasteiger partial charge in [0, 0.05) is 49.4 Å². The average Bonchev–Trinajstić information content (AvgIpc) is 3.32. The molecule has 2 fully saturated rings. The van der Waals surface area contributed by atoms with E-state index >= 15 is 0 Å². The fourth-order valence-electron chi connectivity index (χ4n) is 6.31. The normalized spacial score (nSPS) is 21.3. The van der Waals surface area contributed by atoms with Gasteiger partial charge >= 0.3 is 6.01 Å². The highest BCUT2D eigenvalue weighted by atomic mass is 35.5. The highest BCUT2D eigenvalue weighted by molar-refractivity contribution is 6.36. The number of rotatable bonds is 6. The van der Waals surface area contributed by atoms with Crippen molar-refractivity contribution in [1.29, 1.82) is 0 Å². The Bertz CT molecular complexity index is 1490. The van der Waals surface area contributed by atoms with Crippen LogP contribution in [0.25, 0.3) is 10.8 Å². The van der Waals surface area contributed by atoms with E-state index in [0.717, 1.165) is 70.9 Å². The average molecular weight is 579 g/mol. The molecule has 2 aromatic carbocycles. The number of carbonyl (C=O) groups is 1. The number of piperazine rings is 1. The largest absolute Gasteiger partial charge is 0.461 e. The maximum absolute atomic E-state index is 13.5. The molecule has 3 aliphatic heterocycles. The van der Waals surface area contributed by atoms with Crippen molar-refractivity contribution in [1.82, 2.24) is 19.8 Å². The minimum atomic E-state index is -0.924. The Hall–Kier alpha value is -3.43. The smallest absolute Gasteiger partial charge is 0.318 e. The number of likely N-dealkylation sites (tertiary alicyclic amines) is 1. The lowest BCUT2D eigenvalue weighted by molar-refractivity contribution is -0.128. The van der Waals surface area contributed by atoms with Gasteiger partial charge in [0.15, 0.2) is 5.83 Å². The molecule has 1 atom stereocenters. The van der Waals surface area contributed by atoms with E-state index in [0.29, 0.717) is 45.3 Å². The summed E-state index contributed by atoms with van der Waals surface area (Å²) < 4.78 is 19.8. The lowest BCUT2D eigenvalue weighted by Crippen LogP contribution is -2.49. The van der Waals surface area contributed by atoms with E-state index in [9.17, 15) is 9.18 Å². The molecule has 41 heavy (non-hydrogen) atoms. The topological polar surface area (TPSA) is 65.0 Å². The fraction of sp³-hybridized carbons (Fsp3) is 0.452. The van der Waals surface area contributed by atoms with E-state index in [-0.39, 0.29) is 5.54 Å². The minimum absolute atomic E-state index is 0.0636. The first-order chi connectivity index (χ1) is 19.7. The van der Waals surface area contributed by atoms with E-state index in [4.69, 9.17) is 26.3 Å². The van der Waals surface area contributed by atoms with Crippen molar-refractivity contribution >= 4 is 39.8 Å². The number of anilines is 2. The summed E-state index contributed by atoms with van der Waals surface area (Å²) >= 11 is 6.68. The Balaban J connectivity index is 1.32. The van der Waals surface area contributed by atoms with Gasteiger partial charge in [0.25, 0.3) is 5.91 Å². The second-order valence-electron chi connectivity index (χ2n) is 11.5. The molecular weight excluding hydrogens is 543 g/mol. The van der Waals surface area contributed by atoms with Crippen LogP contribution in [0.15, 0.2) is 48.8 Å². The van der Waals surface area contributed by atoms with Crippen molar-refractivity contribution in [3.8, 4) is 6.01 Å². The molecule has 216 valence electrons. The Kier molecular flexibility index (Phi) is 7.50. The summed E-state index contributed by atoms with van der Waals surface area (Å²) in [7, 11) is 2.13. The number of halogens is 2. The number of hydrogen-bond acceptors (Lipinski definition) is 7. The van der Waals surface area contributed by atoms with E-state index in [1.54, 1.807) is 0 Å². The molecule has 1 unspecified atom stereocenters. The molecule has 0 radical (unpaired) electrons. The van der Waals surface area contributed by atoms with E-state index in [2.05, 4.69) is 59.5 Å². The maximum Gasteiger partial charge on any atom is 0.318 e. The van der Waals surface area contributed by atoms with Crippen molar-refractivity contribution in [2.24, 2.45) is 0 Å². The zero-order chi connectivity index (χ0) is 28.7. The highest BCUT2D eigenvalue weighted by Crippen LogP contribution is 2.37. The Morgan fingerprint density at radius 1 is 1.07 bits per heavy atom. The Labute approximate surface area is 245 Å². The third kappa shape index (κ3) is 5.33. The zero-order valence-electron chi connectivity index (χ0n) is 23.7. The summed E-state index contributed by atoms with van der Waals surface area (Å²) in [6, 6.07) is 12.6. The summed E-state index contributed by atoms with van der Waals surface area (Å²) in [5, 5.41) is 2.87. The molecule has 0 N–H and O–H groups in total. The van der Waals surface area contributed by atoms with Crippen LogP contribution in [0.4, 0.5) is 15.9 Å². The van der Waals surface area contributed by atoms with Crippen molar-refractivity contribution in [3.63, 3.8) is 0 Å². The molecule has 0 spiro atoms. The molecule has 2 saturated heterocycles. The first kappa shape index (κ1) is 27.7. The maximum atomic E-state index is 13.5. The number of amides is 1. The number of nitrogens with zero attached hydrogens (tertiary/aromatic N) is 6. The van der Waals surface area contributed by atoms with Crippen LogP contribution in [0.1, 0.15) is 31.0 Å². The van der Waals surface area contributed by atoms with Crippen molar-refractivity contribution in [2.45, 2.75) is 38.3 Å². The lowest BCUT2D eigenvalue weighted by Gasteiger charge is -2.38. The standard InChI is InChI=1S/C31H36ClFN6O2/c1-21(33)29(40)38-17-15-37(16-18-38)28-23-11-14-39(26-10-5-8-22-7-4-9-24(32)27(22)26)19-25(23)34-30(35-28)41-20-31(2)12-6-13-36(31)3/h4-5,7-10H,1,6,11-20H2,2-3H3. The first-order valence-electron chi connectivity index (χ1n) is 14.3. The molecule has 0 aliphatic carbocycles. The quantitative estimate of drug-likeness (QED) is 0.388. The molecule has 1 amide bonds. The molecule has 1 aromatic heterocycles. The van der Waals surface area contributed by atoms with Gasteiger partial charge in [0.2, 0.25) is 0 Å². The summed E-state index contributed by atoms with van der Waals surface area (Å²) in [6.07, 6.45) is 2.96. The second kappa shape index (κ2) is 11.1. The van der Waals surface area contributed by atoms with E-state index in [1.807, 2.05) is 12.1 Å². The summed E-state index contributed by atoms with van der Waals surface area (Å²) in [5.74, 6) is -0.721. The van der Waals surface area contributed by atoms with Gasteiger partial charge in [-0.1, -0.05) is 42.4 Å². The van der Waals surface area contributed by atoms with Crippen molar-refractivity contribution in [3.05, 3.63) is 65.1 Å². The number of aromatic nitrogens is 2. The molecule has 6 rings (SSSR count). The number of benzene rings is 2. The predicted octanol–water partition coefficient (Wildman–Crippen LogP) is 4.84. The van der Waals surface area contributed by atoms with Crippen LogP contribution >= 0.6 is 11.6 Å². The third-order valence-electron chi connectivity index (χ3n) is 8.94. The number of carbonyl (C=O) groups excluding carboxylic acids is 1. The molecule has 0 bridgehead atoms. The first-order valence-corrected chi connectivity index (χ1v) is 14.7. The fourth-order valence-corrected chi connectivity index (χ4v) is 6.59. The van der Waals surface area contributed by atoms with Crippen molar-refractivity contribution in [2.75, 3.05) is 62.7 Å². The summed E-state index contributed by atoms with van der Waals surface area (Å²) in [6.45, 7) is 10.2. The van der Waals surface area contributed by atoms with Crippen LogP contribution in [0.3, 0.4) is 0 Å². The summed E-state index contributed by atoms with van der Waals surface area (Å²) in [4.78, 5) is 30.4. The van der Waals surface area contributed by atoms with Gasteiger partial charge in [-0.2, -0.15) is 9.97 Å². The molecule has 10 heteroatoms. The van der Waals surface area contributed by atoms with Crippen LogP contribution in [0.5, 0.6) is 6.01 Å². The number of fused-ring (bicyclic) bond motifs is 2. The molecule has 0 saturated carbocycles. The van der Waals surface area contributed by atoms with Crippen LogP contribution in [0.2, 0.25) is 5.02 Å². The molecular formula is C31H36ClFN6O2. The van der Waals surface area contributed by atoms with Gasteiger partial charge < -0.3 is 19.4 Å². The Morgan fingerprint density at radius 3 is 2.54 bits per heavy atom. The minimum Gasteiger partial charge on any atom is -0.461 e. The molecule has 3 aliphatic rings. The van der Waals surface area contributed by atoms with E-state index < -0.39 is 11.7 Å². The van der Waals surface area contributed by atoms with Gasteiger partial charge in [-0.25, -0.2) is 4.39 Å². The van der Waals surface area contributed by atoms with Gasteiger partial charge in [-0.3, -0.25) is 9.69 Å². The van der Waals surface area contributed by atoms with Gasteiger partial charge in [-0.15, -0.1) is 0 Å². The van der Waals surface area contributed by atoms with Crippen molar-refractivity contribution < 1.29 is 13.9 Å². The summed E-state index contributed by atoms with van der Waals surface area (Å²) in [5.41, 5.74) is 3.05. The second-order valence-corrected chi connectivity index (χ2v) is 11.9. The van der Waals surface area contributed by atoms with Gasteiger partial charge in [0.05, 0.1) is 22.8 Å². The van der Waals surface area contributed by atoms with Crippen LogP contribution in [-0.2, 0) is 17.8 Å². The number of hydrogen-bond donors (Lipinski definition) is 0. The van der Waals surface area contributed by atoms with Crippen LogP contribution in [0, 0.1) is 0 Å². The lowest BCUT2D eigenvalue weighted by atomic mass is 10.0. The van der Waals surface area contributed by atoms with Gasteiger partial charge in [0.1, 0.15) is 12.4 Å². The highest BCUT2D eigenvalue weighted by Gasteiger charge is 2.36. The molecule has 3 aromatic rings. The number of ether oxygens (including phenoxy) is 1. The Morgan fingerprint density at radius 2 is 1.83 bits per heavy atom. The van der Waals surface area contributed by atoms with Crippen LogP contribution in [-0.4, -0.2) is 84.1 Å². The molecule has 4 heterocycles. The number of likely N-dealkylation sites (N-methyl/N-ethyl adjacent to an activating group) is 1. The third-order valence-corrected chi connectivity index (χ3v) is 9.25. The zero-order valence-corrected chi connectivity index (χ0v) is 24.5. The monoisotopic (exact) mass is 578 g/mol. The van der Waals surface area contributed by atoms with Gasteiger partial charge in [-0.05, 0) is 57.3 Å². The van der Waals surface area contributed by atoms with E-state index in [1.165, 1.54) is 4.90 Å². The van der Waals surface area contributed by atoms with Crippen LogP contribution < -0.4 is 14.5 Å². The predicted molar refractivity (Wildman–Crippen MR) is 161 cm³/mol. The molecule has 8 nitrogen and oxygen atoms in total.